The van der Waals surface area contributed by atoms with Crippen molar-refractivity contribution < 1.29 is 5.11 Å². The van der Waals surface area contributed by atoms with Crippen LogP contribution < -0.4 is 11.1 Å². The Kier molecular flexibility index (Phi) is 7.20. The molecule has 0 aromatic heterocycles. The summed E-state index contributed by atoms with van der Waals surface area (Å²) in [5.74, 6) is 1.63. The number of unbranched alkanes of at least 4 members (excludes halogenated alkanes) is 1. The van der Waals surface area contributed by atoms with Crippen LogP contribution in [0.1, 0.15) is 58.8 Å². The van der Waals surface area contributed by atoms with Crippen LogP contribution in [0.25, 0.3) is 0 Å². The summed E-state index contributed by atoms with van der Waals surface area (Å²) >= 11 is 0. The summed E-state index contributed by atoms with van der Waals surface area (Å²) in [6.07, 6.45) is 8.41. The van der Waals surface area contributed by atoms with E-state index in [1.54, 1.807) is 0 Å². The zero-order valence-corrected chi connectivity index (χ0v) is 12.3. The van der Waals surface area contributed by atoms with Gasteiger partial charge >= 0.3 is 0 Å². The third kappa shape index (κ3) is 5.25. The lowest BCUT2D eigenvalue weighted by molar-refractivity contribution is 0.166. The average molecular weight is 256 g/mol. The molecule has 0 saturated heterocycles. The van der Waals surface area contributed by atoms with E-state index in [9.17, 15) is 0 Å². The molecule has 1 aliphatic carbocycles. The molecule has 1 rings (SSSR count). The van der Waals surface area contributed by atoms with Crippen LogP contribution >= 0.6 is 0 Å². The molecule has 3 heteroatoms. The number of aliphatic hydroxyl groups is 1. The third-order valence-corrected chi connectivity index (χ3v) is 4.23. The Labute approximate surface area is 113 Å². The number of nitrogens with one attached hydrogen (secondary N) is 1. The second-order valence-electron chi connectivity index (χ2n) is 6.43. The maximum Gasteiger partial charge on any atom is 0.0431 e. The Morgan fingerprint density at radius 2 is 2.17 bits per heavy atom. The highest BCUT2D eigenvalue weighted by Crippen LogP contribution is 2.35. The molecule has 0 aromatic carbocycles. The van der Waals surface area contributed by atoms with E-state index in [1.165, 1.54) is 32.1 Å². The predicted octanol–water partition coefficient (Wildman–Crippen LogP) is 2.28. The van der Waals surface area contributed by atoms with E-state index in [2.05, 4.69) is 19.2 Å². The van der Waals surface area contributed by atoms with E-state index in [0.717, 1.165) is 37.8 Å². The lowest BCUT2D eigenvalue weighted by Crippen LogP contribution is -2.54. The molecule has 0 amide bonds. The maximum atomic E-state index is 8.81. The fraction of sp³-hybridized carbons (Fsp3) is 1.00. The molecule has 0 aliphatic heterocycles. The van der Waals surface area contributed by atoms with Gasteiger partial charge in [0.25, 0.3) is 0 Å². The number of hydrogen-bond donors (Lipinski definition) is 3. The zero-order chi connectivity index (χ0) is 13.4. The molecule has 2 unspecified atom stereocenters. The van der Waals surface area contributed by atoms with Crippen LogP contribution in [-0.2, 0) is 0 Å². The highest BCUT2D eigenvalue weighted by Gasteiger charge is 2.34. The van der Waals surface area contributed by atoms with Crippen LogP contribution in [0.3, 0.4) is 0 Å². The Morgan fingerprint density at radius 1 is 1.39 bits per heavy atom. The second kappa shape index (κ2) is 8.13. The molecule has 0 bridgehead atoms. The van der Waals surface area contributed by atoms with Crippen molar-refractivity contribution in [2.75, 3.05) is 19.7 Å². The smallest absolute Gasteiger partial charge is 0.0431 e. The lowest BCUT2D eigenvalue weighted by atomic mass is 9.73. The van der Waals surface area contributed by atoms with Crippen molar-refractivity contribution in [2.24, 2.45) is 17.6 Å². The van der Waals surface area contributed by atoms with Crippen molar-refractivity contribution in [1.82, 2.24) is 5.32 Å². The van der Waals surface area contributed by atoms with Gasteiger partial charge in [-0.1, -0.05) is 26.7 Å². The monoisotopic (exact) mass is 256 g/mol. The van der Waals surface area contributed by atoms with Crippen LogP contribution in [-0.4, -0.2) is 30.3 Å². The van der Waals surface area contributed by atoms with Crippen molar-refractivity contribution >= 4 is 0 Å². The molecule has 3 nitrogen and oxygen atoms in total. The van der Waals surface area contributed by atoms with E-state index in [-0.39, 0.29) is 5.54 Å². The van der Waals surface area contributed by atoms with E-state index < -0.39 is 0 Å². The summed E-state index contributed by atoms with van der Waals surface area (Å²) in [6, 6.07) is 0. The normalized spacial score (nSPS) is 28.8. The van der Waals surface area contributed by atoms with Crippen LogP contribution in [0.5, 0.6) is 0 Å². The van der Waals surface area contributed by atoms with E-state index in [0.29, 0.717) is 6.61 Å². The number of rotatable bonds is 8. The lowest BCUT2D eigenvalue weighted by Gasteiger charge is -2.42. The second-order valence-corrected chi connectivity index (χ2v) is 6.43. The average Bonchev–Trinajstić information content (AvgIpc) is 2.34. The minimum Gasteiger partial charge on any atom is -0.396 e. The minimum atomic E-state index is 0.174. The van der Waals surface area contributed by atoms with Gasteiger partial charge in [0, 0.05) is 18.7 Å². The van der Waals surface area contributed by atoms with Gasteiger partial charge in [-0.3, -0.25) is 0 Å². The first kappa shape index (κ1) is 15.9. The van der Waals surface area contributed by atoms with Crippen molar-refractivity contribution in [3.63, 3.8) is 0 Å². The molecule has 1 aliphatic rings. The van der Waals surface area contributed by atoms with Crippen molar-refractivity contribution in [3.05, 3.63) is 0 Å². The SMILES string of the molecule is CC(C)CC1CCCC(CN)(NCCCCO)C1. The molecule has 0 spiro atoms. The van der Waals surface area contributed by atoms with Crippen LogP contribution in [0.2, 0.25) is 0 Å². The molecule has 2 atom stereocenters. The summed E-state index contributed by atoms with van der Waals surface area (Å²) < 4.78 is 0. The summed E-state index contributed by atoms with van der Waals surface area (Å²) in [4.78, 5) is 0. The van der Waals surface area contributed by atoms with Crippen LogP contribution in [0, 0.1) is 11.8 Å². The first-order chi connectivity index (χ1) is 8.62. The Morgan fingerprint density at radius 3 is 2.78 bits per heavy atom. The fourth-order valence-electron chi connectivity index (χ4n) is 3.36. The van der Waals surface area contributed by atoms with Crippen molar-refractivity contribution in [2.45, 2.75) is 64.3 Å². The Hall–Kier alpha value is -0.120. The molecule has 4 N–H and O–H groups in total. The van der Waals surface area contributed by atoms with Gasteiger partial charge < -0.3 is 16.2 Å². The van der Waals surface area contributed by atoms with Gasteiger partial charge in [-0.15, -0.1) is 0 Å². The van der Waals surface area contributed by atoms with E-state index in [1.807, 2.05) is 0 Å². The molecular weight excluding hydrogens is 224 g/mol. The molecule has 1 saturated carbocycles. The van der Waals surface area contributed by atoms with Crippen molar-refractivity contribution in [1.29, 1.82) is 0 Å². The van der Waals surface area contributed by atoms with E-state index in [4.69, 9.17) is 10.8 Å². The summed E-state index contributed by atoms with van der Waals surface area (Å²) in [7, 11) is 0. The van der Waals surface area contributed by atoms with Gasteiger partial charge in [0.1, 0.15) is 0 Å². The quantitative estimate of drug-likeness (QED) is 0.584. The molecule has 108 valence electrons. The number of nitrogens with two attached hydrogens (primary N) is 1. The number of aliphatic hydroxyl groups excluding tert-OH is 1. The largest absolute Gasteiger partial charge is 0.396 e. The highest BCUT2D eigenvalue weighted by molar-refractivity contribution is 4.94. The first-order valence-electron chi connectivity index (χ1n) is 7.68. The number of hydrogen-bond acceptors (Lipinski definition) is 3. The Bertz CT molecular complexity index is 221. The predicted molar refractivity (Wildman–Crippen MR) is 77.5 cm³/mol. The topological polar surface area (TPSA) is 58.3 Å². The maximum absolute atomic E-state index is 8.81. The fourth-order valence-corrected chi connectivity index (χ4v) is 3.36. The Balaban J connectivity index is 2.41. The highest BCUT2D eigenvalue weighted by atomic mass is 16.2. The summed E-state index contributed by atoms with van der Waals surface area (Å²) in [6.45, 7) is 6.67. The molecule has 0 radical (unpaired) electrons. The molecule has 0 heterocycles. The summed E-state index contributed by atoms with van der Waals surface area (Å²) in [5.41, 5.74) is 6.21. The van der Waals surface area contributed by atoms with Gasteiger partial charge in [0.15, 0.2) is 0 Å². The molecular formula is C15H32N2O. The van der Waals surface area contributed by atoms with Gasteiger partial charge in [-0.2, -0.15) is 0 Å². The zero-order valence-electron chi connectivity index (χ0n) is 12.3. The van der Waals surface area contributed by atoms with Gasteiger partial charge in [0.05, 0.1) is 0 Å². The standard InChI is InChI=1S/C15H32N2O/c1-13(2)10-14-6-5-7-15(11-14,12-16)17-8-3-4-9-18/h13-14,17-18H,3-12,16H2,1-2H3. The van der Waals surface area contributed by atoms with Crippen LogP contribution in [0.4, 0.5) is 0 Å². The van der Waals surface area contributed by atoms with Crippen LogP contribution in [0.15, 0.2) is 0 Å². The van der Waals surface area contributed by atoms with E-state index >= 15 is 0 Å². The van der Waals surface area contributed by atoms with Gasteiger partial charge in [-0.25, -0.2) is 0 Å². The van der Waals surface area contributed by atoms with Gasteiger partial charge in [-0.05, 0) is 50.5 Å². The van der Waals surface area contributed by atoms with Gasteiger partial charge in [0.2, 0.25) is 0 Å². The summed E-state index contributed by atoms with van der Waals surface area (Å²) in [5, 5.41) is 12.5. The molecule has 1 fully saturated rings. The molecule has 0 aromatic rings. The third-order valence-electron chi connectivity index (χ3n) is 4.23. The minimum absolute atomic E-state index is 0.174. The first-order valence-corrected chi connectivity index (χ1v) is 7.68. The molecule has 18 heavy (non-hydrogen) atoms. The van der Waals surface area contributed by atoms with Crippen molar-refractivity contribution in [3.8, 4) is 0 Å².